The second-order valence-electron chi connectivity index (χ2n) is 7.01. The van der Waals surface area contributed by atoms with Gasteiger partial charge < -0.3 is 14.5 Å². The summed E-state index contributed by atoms with van der Waals surface area (Å²) in [7, 11) is 6.69. The number of fused-ring (bicyclic) bond motifs is 2. The molecule has 3 rings (SSSR count). The molecule has 2 unspecified atom stereocenters. The fraction of sp³-hybridized carbons (Fsp3) is 0.667. The van der Waals surface area contributed by atoms with E-state index in [0.29, 0.717) is 24.0 Å². The summed E-state index contributed by atoms with van der Waals surface area (Å²) in [6.07, 6.45) is 3.03. The molecule has 2 aliphatic rings. The minimum Gasteiger partial charge on any atom is -0.373 e. The van der Waals surface area contributed by atoms with Crippen LogP contribution >= 0.6 is 0 Å². The van der Waals surface area contributed by atoms with Gasteiger partial charge in [0, 0.05) is 25.0 Å². The van der Waals surface area contributed by atoms with Gasteiger partial charge in [0.15, 0.2) is 0 Å². The van der Waals surface area contributed by atoms with Crippen molar-refractivity contribution in [3.63, 3.8) is 0 Å². The van der Waals surface area contributed by atoms with Crippen LogP contribution < -0.4 is 0 Å². The zero-order valence-corrected chi connectivity index (χ0v) is 13.5. The molecule has 0 aromatic heterocycles. The van der Waals surface area contributed by atoms with Crippen LogP contribution in [0.5, 0.6) is 0 Å². The molecule has 1 aliphatic carbocycles. The topological polar surface area (TPSA) is 15.7 Å². The summed E-state index contributed by atoms with van der Waals surface area (Å²) in [5, 5.41) is 0. The molecule has 0 amide bonds. The average molecular weight is 288 g/mol. The highest BCUT2D eigenvalue weighted by molar-refractivity contribution is 5.13. The third-order valence-corrected chi connectivity index (χ3v) is 5.23. The lowest BCUT2D eigenvalue weighted by atomic mass is 9.72. The van der Waals surface area contributed by atoms with Crippen molar-refractivity contribution >= 4 is 0 Å². The van der Waals surface area contributed by atoms with E-state index in [9.17, 15) is 0 Å². The first kappa shape index (κ1) is 15.0. The van der Waals surface area contributed by atoms with Crippen molar-refractivity contribution in [2.45, 2.75) is 31.6 Å². The Labute approximate surface area is 128 Å². The minimum absolute atomic E-state index is 0.419. The van der Waals surface area contributed by atoms with Crippen LogP contribution in [-0.4, -0.2) is 56.2 Å². The van der Waals surface area contributed by atoms with E-state index in [1.165, 1.54) is 31.5 Å². The van der Waals surface area contributed by atoms with Crippen LogP contribution in [-0.2, 0) is 11.3 Å². The van der Waals surface area contributed by atoms with Gasteiger partial charge in [-0.2, -0.15) is 0 Å². The Morgan fingerprint density at radius 1 is 1.14 bits per heavy atom. The van der Waals surface area contributed by atoms with E-state index in [1.807, 2.05) is 0 Å². The van der Waals surface area contributed by atoms with Gasteiger partial charge in [-0.05, 0) is 45.5 Å². The van der Waals surface area contributed by atoms with E-state index in [1.54, 1.807) is 0 Å². The maximum Gasteiger partial charge on any atom is 0.0720 e. The van der Waals surface area contributed by atoms with E-state index in [2.05, 4.69) is 61.3 Å². The SMILES string of the molecule is CN1CC2CC[C@@H](N(C)C)C(C1)[C@@H]2OCc1ccccc1. The van der Waals surface area contributed by atoms with E-state index < -0.39 is 0 Å². The summed E-state index contributed by atoms with van der Waals surface area (Å²) < 4.78 is 6.41. The van der Waals surface area contributed by atoms with Gasteiger partial charge in [0.05, 0.1) is 12.7 Å². The van der Waals surface area contributed by atoms with Gasteiger partial charge in [-0.1, -0.05) is 30.3 Å². The first-order chi connectivity index (χ1) is 10.1. The van der Waals surface area contributed by atoms with Crippen LogP contribution in [0.2, 0.25) is 0 Å². The fourth-order valence-corrected chi connectivity index (χ4v) is 4.25. The maximum atomic E-state index is 6.41. The molecule has 1 aromatic rings. The Bertz CT molecular complexity index is 448. The molecule has 21 heavy (non-hydrogen) atoms. The standard InChI is InChI=1S/C18H28N2O/c1-19(2)17-10-9-15-11-20(3)12-16(17)18(15)21-13-14-7-5-4-6-8-14/h4-8,15-18H,9-13H2,1-3H3/t15?,16?,17-,18-/m1/s1. The molecule has 4 atom stereocenters. The van der Waals surface area contributed by atoms with Crippen molar-refractivity contribution in [1.29, 1.82) is 0 Å². The molecule has 0 radical (unpaired) electrons. The Morgan fingerprint density at radius 3 is 2.62 bits per heavy atom. The van der Waals surface area contributed by atoms with E-state index in [0.717, 1.165) is 6.61 Å². The molecule has 116 valence electrons. The summed E-state index contributed by atoms with van der Waals surface area (Å²) >= 11 is 0. The molecule has 1 saturated heterocycles. The molecule has 2 bridgehead atoms. The van der Waals surface area contributed by atoms with Crippen molar-refractivity contribution in [2.75, 3.05) is 34.2 Å². The molecular weight excluding hydrogens is 260 g/mol. The smallest absolute Gasteiger partial charge is 0.0720 e. The highest BCUT2D eigenvalue weighted by atomic mass is 16.5. The zero-order valence-electron chi connectivity index (χ0n) is 13.5. The van der Waals surface area contributed by atoms with Gasteiger partial charge in [0.25, 0.3) is 0 Å². The van der Waals surface area contributed by atoms with Gasteiger partial charge >= 0.3 is 0 Å². The number of likely N-dealkylation sites (tertiary alicyclic amines) is 1. The fourth-order valence-electron chi connectivity index (χ4n) is 4.25. The van der Waals surface area contributed by atoms with Gasteiger partial charge in [-0.3, -0.25) is 0 Å². The summed E-state index contributed by atoms with van der Waals surface area (Å²) in [5.74, 6) is 1.34. The molecule has 0 spiro atoms. The molecule has 3 nitrogen and oxygen atoms in total. The molecule has 3 heteroatoms. The van der Waals surface area contributed by atoms with Crippen LogP contribution in [0.3, 0.4) is 0 Å². The number of piperidine rings is 1. The Morgan fingerprint density at radius 2 is 1.90 bits per heavy atom. The quantitative estimate of drug-likeness (QED) is 0.846. The lowest BCUT2D eigenvalue weighted by molar-refractivity contribution is -0.119. The molecule has 1 aromatic carbocycles. The monoisotopic (exact) mass is 288 g/mol. The highest BCUT2D eigenvalue weighted by Gasteiger charge is 2.44. The lowest BCUT2D eigenvalue weighted by Gasteiger charge is -2.51. The molecule has 1 heterocycles. The van der Waals surface area contributed by atoms with Gasteiger partial charge in [-0.15, -0.1) is 0 Å². The average Bonchev–Trinajstić information content (AvgIpc) is 2.46. The number of hydrogen-bond acceptors (Lipinski definition) is 3. The zero-order chi connectivity index (χ0) is 14.8. The summed E-state index contributed by atoms with van der Waals surface area (Å²) in [6.45, 7) is 3.11. The molecule has 1 aliphatic heterocycles. The molecular formula is C18H28N2O. The van der Waals surface area contributed by atoms with Crippen molar-refractivity contribution in [2.24, 2.45) is 11.8 Å². The van der Waals surface area contributed by atoms with Gasteiger partial charge in [-0.25, -0.2) is 0 Å². The second-order valence-corrected chi connectivity index (χ2v) is 7.01. The van der Waals surface area contributed by atoms with Crippen molar-refractivity contribution < 1.29 is 4.74 Å². The molecule has 1 saturated carbocycles. The van der Waals surface area contributed by atoms with Crippen molar-refractivity contribution in [3.8, 4) is 0 Å². The Hall–Kier alpha value is -0.900. The summed E-state index contributed by atoms with van der Waals surface area (Å²) in [6, 6.07) is 11.2. The van der Waals surface area contributed by atoms with Gasteiger partial charge in [0.2, 0.25) is 0 Å². The van der Waals surface area contributed by atoms with Crippen LogP contribution in [0.4, 0.5) is 0 Å². The lowest BCUT2D eigenvalue weighted by Crippen LogP contribution is -2.59. The predicted octanol–water partition coefficient (Wildman–Crippen LogP) is 2.47. The number of hydrogen-bond donors (Lipinski definition) is 0. The summed E-state index contributed by atoms with van der Waals surface area (Å²) in [5.41, 5.74) is 1.29. The number of ether oxygens (including phenoxy) is 1. The van der Waals surface area contributed by atoms with Crippen LogP contribution in [0, 0.1) is 11.8 Å². The Kier molecular flexibility index (Phi) is 4.63. The van der Waals surface area contributed by atoms with E-state index >= 15 is 0 Å². The Balaban J connectivity index is 1.70. The molecule has 2 fully saturated rings. The maximum absolute atomic E-state index is 6.41. The highest BCUT2D eigenvalue weighted by Crippen LogP contribution is 2.38. The number of rotatable bonds is 4. The van der Waals surface area contributed by atoms with Crippen LogP contribution in [0.25, 0.3) is 0 Å². The van der Waals surface area contributed by atoms with Gasteiger partial charge in [0.1, 0.15) is 0 Å². The molecule has 0 N–H and O–H groups in total. The minimum atomic E-state index is 0.419. The normalized spacial score (nSPS) is 33.3. The summed E-state index contributed by atoms with van der Waals surface area (Å²) in [4.78, 5) is 4.90. The third-order valence-electron chi connectivity index (χ3n) is 5.23. The third kappa shape index (κ3) is 3.31. The van der Waals surface area contributed by atoms with E-state index in [4.69, 9.17) is 4.74 Å². The number of benzene rings is 1. The largest absolute Gasteiger partial charge is 0.373 e. The predicted molar refractivity (Wildman–Crippen MR) is 86.2 cm³/mol. The number of nitrogens with zero attached hydrogens (tertiary/aromatic N) is 2. The van der Waals surface area contributed by atoms with Crippen molar-refractivity contribution in [3.05, 3.63) is 35.9 Å². The van der Waals surface area contributed by atoms with Crippen LogP contribution in [0.1, 0.15) is 18.4 Å². The first-order valence-corrected chi connectivity index (χ1v) is 8.15. The first-order valence-electron chi connectivity index (χ1n) is 8.15. The van der Waals surface area contributed by atoms with Crippen LogP contribution in [0.15, 0.2) is 30.3 Å². The van der Waals surface area contributed by atoms with E-state index in [-0.39, 0.29) is 0 Å². The second kappa shape index (κ2) is 6.47. The van der Waals surface area contributed by atoms with Crippen molar-refractivity contribution in [1.82, 2.24) is 9.80 Å².